The molecule has 1 saturated heterocycles. The summed E-state index contributed by atoms with van der Waals surface area (Å²) in [4.78, 5) is 25.9. The Bertz CT molecular complexity index is 981. The van der Waals surface area contributed by atoms with E-state index in [4.69, 9.17) is 0 Å². The number of piperidine rings is 1. The molecule has 0 aromatic carbocycles. The molecule has 3 aromatic rings. The van der Waals surface area contributed by atoms with Crippen LogP contribution >= 0.6 is 0 Å². The Morgan fingerprint density at radius 1 is 1.12 bits per heavy atom. The lowest BCUT2D eigenvalue weighted by Crippen LogP contribution is -2.52. The highest BCUT2D eigenvalue weighted by atomic mass is 16.3. The van der Waals surface area contributed by atoms with Gasteiger partial charge in [0.25, 0.3) is 0 Å². The van der Waals surface area contributed by atoms with E-state index in [1.54, 1.807) is 30.6 Å². The fourth-order valence-electron chi connectivity index (χ4n) is 3.74. The summed E-state index contributed by atoms with van der Waals surface area (Å²) < 4.78 is 1.91. The molecule has 1 fully saturated rings. The van der Waals surface area contributed by atoms with Gasteiger partial charge in [-0.3, -0.25) is 9.28 Å². The Morgan fingerprint density at radius 2 is 1.88 bits per heavy atom. The van der Waals surface area contributed by atoms with Crippen molar-refractivity contribution in [3.05, 3.63) is 47.3 Å². The normalized spacial score (nSPS) is 16.2. The van der Waals surface area contributed by atoms with Crippen LogP contribution in [0.25, 0.3) is 16.9 Å². The van der Waals surface area contributed by atoms with E-state index in [2.05, 4.69) is 15.0 Å². The number of nitrogens with zero attached hydrogens (tertiary/aromatic N) is 5. The van der Waals surface area contributed by atoms with Crippen molar-refractivity contribution in [1.29, 1.82) is 0 Å². The highest BCUT2D eigenvalue weighted by Gasteiger charge is 2.36. The van der Waals surface area contributed by atoms with Gasteiger partial charge in [0.1, 0.15) is 12.1 Å². The van der Waals surface area contributed by atoms with Gasteiger partial charge in [0.15, 0.2) is 11.4 Å². The maximum Gasteiger partial charge on any atom is 0.323 e. The summed E-state index contributed by atoms with van der Waals surface area (Å²) in [5.74, 6) is 0.483. The number of rotatable bonds is 2. The molecule has 0 amide bonds. The molecule has 4 heterocycles. The van der Waals surface area contributed by atoms with Gasteiger partial charge in [0, 0.05) is 12.4 Å². The minimum absolute atomic E-state index is 0. The Balaban J connectivity index is 0.00000196. The molecule has 4 rings (SSSR count). The molecule has 1 aliphatic rings. The van der Waals surface area contributed by atoms with E-state index in [-0.39, 0.29) is 16.8 Å². The molecule has 0 unspecified atom stereocenters. The third-order valence-electron chi connectivity index (χ3n) is 5.02. The van der Waals surface area contributed by atoms with E-state index >= 15 is 0 Å². The molecule has 2 N–H and O–H groups in total. The average molecular weight is 355 g/mol. The van der Waals surface area contributed by atoms with Crippen molar-refractivity contribution in [2.75, 3.05) is 20.1 Å². The minimum Gasteiger partial charge on any atom is -0.870 e. The maximum atomic E-state index is 13.4. The largest absolute Gasteiger partial charge is 0.870 e. The number of quaternary nitrogens is 1. The summed E-state index contributed by atoms with van der Waals surface area (Å²) in [7, 11) is 2.02. The molecule has 136 valence electrons. The predicted octanol–water partition coefficient (Wildman–Crippen LogP) is 1.83. The van der Waals surface area contributed by atoms with Crippen molar-refractivity contribution in [2.24, 2.45) is 0 Å². The van der Waals surface area contributed by atoms with Gasteiger partial charge in [-0.15, -0.1) is 0 Å². The molecule has 0 atom stereocenters. The standard InChI is InChI=1S/C18H19N5O2.H2O/c1-23(10-3-2-4-11-23)15-16(24)13-6-5-8-20-17(13)22(18(15)25)14-7-9-19-12-21-14;/h5-9,12H,2-4,10-11H2,1H3;1H2. The van der Waals surface area contributed by atoms with Gasteiger partial charge in [-0.2, -0.15) is 0 Å². The van der Waals surface area contributed by atoms with Crippen molar-refractivity contribution >= 4 is 16.7 Å². The van der Waals surface area contributed by atoms with Crippen LogP contribution in [0.1, 0.15) is 19.3 Å². The van der Waals surface area contributed by atoms with Gasteiger partial charge in [-0.05, 0) is 37.5 Å². The molecule has 3 aromatic heterocycles. The molecule has 0 aliphatic carbocycles. The SMILES string of the molecule is C[N+]1(c2c(O)c3cccnc3n(-c3ccncn3)c2=O)CCCCC1.[OH-]. The number of hydrogen-bond donors (Lipinski definition) is 1. The van der Waals surface area contributed by atoms with Gasteiger partial charge in [0.05, 0.1) is 25.5 Å². The van der Waals surface area contributed by atoms with E-state index in [9.17, 15) is 9.90 Å². The monoisotopic (exact) mass is 355 g/mol. The lowest BCUT2D eigenvalue weighted by Gasteiger charge is -2.37. The molecule has 0 saturated carbocycles. The summed E-state index contributed by atoms with van der Waals surface area (Å²) in [5, 5.41) is 11.5. The van der Waals surface area contributed by atoms with Crippen LogP contribution in [0.5, 0.6) is 5.75 Å². The first-order valence-electron chi connectivity index (χ1n) is 8.46. The number of fused-ring (bicyclic) bond motifs is 1. The van der Waals surface area contributed by atoms with E-state index in [1.165, 1.54) is 10.9 Å². The Morgan fingerprint density at radius 3 is 2.58 bits per heavy atom. The topological polar surface area (TPSA) is 111 Å². The number of likely N-dealkylation sites (tertiary alicyclic amines) is 1. The zero-order valence-electron chi connectivity index (χ0n) is 14.5. The Labute approximate surface area is 150 Å². The summed E-state index contributed by atoms with van der Waals surface area (Å²) in [6.07, 6.45) is 7.83. The number of aromatic nitrogens is 4. The fourth-order valence-corrected chi connectivity index (χ4v) is 3.74. The van der Waals surface area contributed by atoms with E-state index in [1.807, 2.05) is 7.05 Å². The summed E-state index contributed by atoms with van der Waals surface area (Å²) in [6, 6.07) is 5.22. The van der Waals surface area contributed by atoms with Crippen LogP contribution in [0.3, 0.4) is 0 Å². The molecular formula is C18H21N5O3. The highest BCUT2D eigenvalue weighted by Crippen LogP contribution is 2.36. The molecule has 8 nitrogen and oxygen atoms in total. The molecule has 26 heavy (non-hydrogen) atoms. The van der Waals surface area contributed by atoms with E-state index in [0.717, 1.165) is 32.4 Å². The Kier molecular flexibility index (Phi) is 4.71. The van der Waals surface area contributed by atoms with Gasteiger partial charge >= 0.3 is 5.56 Å². The number of pyridine rings is 2. The zero-order chi connectivity index (χ0) is 17.4. The van der Waals surface area contributed by atoms with Crippen molar-refractivity contribution in [1.82, 2.24) is 24.0 Å². The fraction of sp³-hybridized carbons (Fsp3) is 0.333. The second-order valence-corrected chi connectivity index (χ2v) is 6.68. The van der Waals surface area contributed by atoms with Crippen LogP contribution in [0, 0.1) is 0 Å². The predicted molar refractivity (Wildman–Crippen MR) is 97.8 cm³/mol. The third-order valence-corrected chi connectivity index (χ3v) is 5.02. The molecule has 0 bridgehead atoms. The van der Waals surface area contributed by atoms with Gasteiger partial charge in [0.2, 0.25) is 5.69 Å². The van der Waals surface area contributed by atoms with Gasteiger partial charge < -0.3 is 10.6 Å². The van der Waals surface area contributed by atoms with Crippen molar-refractivity contribution in [3.63, 3.8) is 0 Å². The van der Waals surface area contributed by atoms with E-state index in [0.29, 0.717) is 27.0 Å². The molecule has 1 aliphatic heterocycles. The molecule has 8 heteroatoms. The van der Waals surface area contributed by atoms with E-state index < -0.39 is 0 Å². The van der Waals surface area contributed by atoms with Crippen LogP contribution in [-0.2, 0) is 0 Å². The Hall–Kier alpha value is -2.84. The lowest BCUT2D eigenvalue weighted by molar-refractivity contribution is 0.265. The van der Waals surface area contributed by atoms with Gasteiger partial charge in [-0.1, -0.05) is 0 Å². The first-order valence-corrected chi connectivity index (χ1v) is 8.46. The summed E-state index contributed by atoms with van der Waals surface area (Å²) in [5.41, 5.74) is 0.543. The van der Waals surface area contributed by atoms with Crippen LogP contribution in [0.15, 0.2) is 41.7 Å². The first-order chi connectivity index (χ1) is 12.1. The van der Waals surface area contributed by atoms with Gasteiger partial charge in [-0.25, -0.2) is 19.5 Å². The molecule has 0 radical (unpaired) electrons. The van der Waals surface area contributed by atoms with Crippen molar-refractivity contribution in [2.45, 2.75) is 19.3 Å². The summed E-state index contributed by atoms with van der Waals surface area (Å²) >= 11 is 0. The smallest absolute Gasteiger partial charge is 0.323 e. The maximum absolute atomic E-state index is 13.4. The minimum atomic E-state index is -0.271. The van der Waals surface area contributed by atoms with Crippen molar-refractivity contribution < 1.29 is 10.6 Å². The second-order valence-electron chi connectivity index (χ2n) is 6.68. The zero-order valence-corrected chi connectivity index (χ0v) is 14.5. The summed E-state index contributed by atoms with van der Waals surface area (Å²) in [6.45, 7) is 1.66. The second kappa shape index (κ2) is 6.81. The van der Waals surface area contributed by atoms with Crippen LogP contribution in [0.4, 0.5) is 5.69 Å². The third kappa shape index (κ3) is 2.73. The number of hydrogen-bond acceptors (Lipinski definition) is 6. The van der Waals surface area contributed by atoms with Crippen LogP contribution in [-0.4, -0.2) is 50.2 Å². The van der Waals surface area contributed by atoms with Crippen molar-refractivity contribution in [3.8, 4) is 11.6 Å². The highest BCUT2D eigenvalue weighted by molar-refractivity contribution is 5.88. The van der Waals surface area contributed by atoms with Crippen LogP contribution < -0.4 is 10.0 Å². The molecular weight excluding hydrogens is 334 g/mol. The average Bonchev–Trinajstić information content (AvgIpc) is 2.63. The van der Waals surface area contributed by atoms with Crippen LogP contribution in [0.2, 0.25) is 0 Å². The molecule has 0 spiro atoms. The lowest BCUT2D eigenvalue weighted by atomic mass is 10.1. The first kappa shape index (κ1) is 18.0. The quantitative estimate of drug-likeness (QED) is 0.702. The number of aromatic hydroxyl groups is 1.